The Morgan fingerprint density at radius 2 is 1.96 bits per heavy atom. The lowest BCUT2D eigenvalue weighted by molar-refractivity contribution is -0.120. The molecule has 0 spiro atoms. The zero-order valence-electron chi connectivity index (χ0n) is 15.4. The second kappa shape index (κ2) is 8.83. The summed E-state index contributed by atoms with van der Waals surface area (Å²) in [7, 11) is 2.01. The molecule has 1 fully saturated rings. The lowest BCUT2D eigenvalue weighted by atomic mass is 10.1. The molecule has 2 unspecified atom stereocenters. The number of benzene rings is 2. The van der Waals surface area contributed by atoms with Crippen LogP contribution in [-0.2, 0) is 4.79 Å². The average Bonchev–Trinajstić information content (AvgIpc) is 3.16. The van der Waals surface area contributed by atoms with E-state index in [2.05, 4.69) is 15.5 Å². The molecule has 0 bridgehead atoms. The fourth-order valence-electron chi connectivity index (χ4n) is 3.15. The van der Waals surface area contributed by atoms with Gasteiger partial charge in [0.05, 0.1) is 11.7 Å². The highest BCUT2D eigenvalue weighted by molar-refractivity contribution is 5.95. The second-order valence-electron chi connectivity index (χ2n) is 6.87. The standard InChI is InChI=1S/C21H27N3O2/c1-16(24(2)15-17-12-13-22-14-17)21(25)23-19-10-6-7-11-20(19)26-18-8-4-3-5-9-18/h3-11,16-17,22H,12-15H2,1-2H3,(H,23,25). The van der Waals surface area contributed by atoms with Gasteiger partial charge < -0.3 is 15.4 Å². The Bertz CT molecular complexity index is 714. The number of nitrogens with one attached hydrogen (secondary N) is 2. The predicted molar refractivity (Wildman–Crippen MR) is 105 cm³/mol. The van der Waals surface area contributed by atoms with Crippen LogP contribution in [0.3, 0.4) is 0 Å². The number of para-hydroxylation sites is 3. The Hall–Kier alpha value is -2.37. The predicted octanol–water partition coefficient (Wildman–Crippen LogP) is 3.35. The van der Waals surface area contributed by atoms with Crippen molar-refractivity contribution in [1.82, 2.24) is 10.2 Å². The summed E-state index contributed by atoms with van der Waals surface area (Å²) in [6, 6.07) is 16.9. The van der Waals surface area contributed by atoms with Crippen molar-refractivity contribution in [2.75, 3.05) is 32.0 Å². The lowest BCUT2D eigenvalue weighted by Gasteiger charge is -2.26. The SMILES string of the molecule is CC(C(=O)Nc1ccccc1Oc1ccccc1)N(C)CC1CCNC1. The van der Waals surface area contributed by atoms with Crippen LogP contribution in [0.1, 0.15) is 13.3 Å². The highest BCUT2D eigenvalue weighted by atomic mass is 16.5. The molecule has 2 aromatic carbocycles. The van der Waals surface area contributed by atoms with Gasteiger partial charge in [0.2, 0.25) is 5.91 Å². The van der Waals surface area contributed by atoms with Crippen LogP contribution in [0.25, 0.3) is 0 Å². The molecule has 1 saturated heterocycles. The quantitative estimate of drug-likeness (QED) is 0.802. The van der Waals surface area contributed by atoms with Crippen LogP contribution in [-0.4, -0.2) is 43.5 Å². The Balaban J connectivity index is 1.63. The normalized spacial score (nSPS) is 17.9. The maximum atomic E-state index is 12.7. The van der Waals surface area contributed by atoms with Crippen molar-refractivity contribution in [3.63, 3.8) is 0 Å². The van der Waals surface area contributed by atoms with Crippen LogP contribution < -0.4 is 15.4 Å². The number of hydrogen-bond donors (Lipinski definition) is 2. The Morgan fingerprint density at radius 3 is 2.69 bits per heavy atom. The highest BCUT2D eigenvalue weighted by Crippen LogP contribution is 2.29. The first kappa shape index (κ1) is 18.4. The summed E-state index contributed by atoms with van der Waals surface area (Å²) < 4.78 is 5.92. The summed E-state index contributed by atoms with van der Waals surface area (Å²) in [4.78, 5) is 14.8. The third-order valence-corrected chi connectivity index (χ3v) is 4.87. The van der Waals surface area contributed by atoms with Gasteiger partial charge >= 0.3 is 0 Å². The molecule has 1 aliphatic rings. The van der Waals surface area contributed by atoms with Crippen molar-refractivity contribution < 1.29 is 9.53 Å². The number of nitrogens with zero attached hydrogens (tertiary/aromatic N) is 1. The van der Waals surface area contributed by atoms with Crippen LogP contribution in [0, 0.1) is 5.92 Å². The van der Waals surface area contributed by atoms with Gasteiger partial charge in [0, 0.05) is 6.54 Å². The van der Waals surface area contributed by atoms with Gasteiger partial charge in [-0.05, 0) is 63.7 Å². The van der Waals surface area contributed by atoms with Crippen molar-refractivity contribution in [3.8, 4) is 11.5 Å². The zero-order valence-corrected chi connectivity index (χ0v) is 15.4. The molecule has 0 aromatic heterocycles. The highest BCUT2D eigenvalue weighted by Gasteiger charge is 2.23. The summed E-state index contributed by atoms with van der Waals surface area (Å²) in [5.41, 5.74) is 0.684. The summed E-state index contributed by atoms with van der Waals surface area (Å²) in [6.07, 6.45) is 1.17. The number of carbonyl (C=O) groups is 1. The van der Waals surface area contributed by atoms with E-state index in [1.807, 2.05) is 68.6 Å². The number of anilines is 1. The molecule has 2 aromatic rings. The van der Waals surface area contributed by atoms with E-state index in [0.717, 1.165) is 25.4 Å². The number of rotatable bonds is 7. The first-order valence-corrected chi connectivity index (χ1v) is 9.17. The number of amides is 1. The maximum absolute atomic E-state index is 12.7. The molecule has 1 heterocycles. The Kier molecular flexibility index (Phi) is 6.26. The number of ether oxygens (including phenoxy) is 1. The number of hydrogen-bond acceptors (Lipinski definition) is 4. The van der Waals surface area contributed by atoms with Crippen molar-refractivity contribution in [1.29, 1.82) is 0 Å². The number of likely N-dealkylation sites (N-methyl/N-ethyl adjacent to an activating group) is 1. The lowest BCUT2D eigenvalue weighted by Crippen LogP contribution is -2.42. The van der Waals surface area contributed by atoms with Gasteiger partial charge in [0.25, 0.3) is 0 Å². The minimum absolute atomic E-state index is 0.0254. The van der Waals surface area contributed by atoms with Gasteiger partial charge in [-0.1, -0.05) is 30.3 Å². The van der Waals surface area contributed by atoms with E-state index in [9.17, 15) is 4.79 Å². The van der Waals surface area contributed by atoms with Gasteiger partial charge in [-0.15, -0.1) is 0 Å². The molecular weight excluding hydrogens is 326 g/mol. The van der Waals surface area contributed by atoms with E-state index in [1.54, 1.807) is 0 Å². The molecular formula is C21H27N3O2. The van der Waals surface area contributed by atoms with Crippen molar-refractivity contribution in [3.05, 3.63) is 54.6 Å². The molecule has 26 heavy (non-hydrogen) atoms. The van der Waals surface area contributed by atoms with Crippen molar-refractivity contribution in [2.24, 2.45) is 5.92 Å². The second-order valence-corrected chi connectivity index (χ2v) is 6.87. The Morgan fingerprint density at radius 1 is 1.23 bits per heavy atom. The maximum Gasteiger partial charge on any atom is 0.241 e. The molecule has 138 valence electrons. The molecule has 1 aliphatic heterocycles. The van der Waals surface area contributed by atoms with E-state index < -0.39 is 0 Å². The molecule has 0 saturated carbocycles. The first-order valence-electron chi connectivity index (χ1n) is 9.17. The zero-order chi connectivity index (χ0) is 18.4. The minimum atomic E-state index is -0.208. The molecule has 5 heteroatoms. The van der Waals surface area contributed by atoms with Crippen molar-refractivity contribution in [2.45, 2.75) is 19.4 Å². The fourth-order valence-corrected chi connectivity index (χ4v) is 3.15. The smallest absolute Gasteiger partial charge is 0.241 e. The van der Waals surface area contributed by atoms with E-state index in [-0.39, 0.29) is 11.9 Å². The van der Waals surface area contributed by atoms with Gasteiger partial charge in [-0.25, -0.2) is 0 Å². The minimum Gasteiger partial charge on any atom is -0.455 e. The average molecular weight is 353 g/mol. The largest absolute Gasteiger partial charge is 0.455 e. The van der Waals surface area contributed by atoms with Gasteiger partial charge in [-0.2, -0.15) is 0 Å². The van der Waals surface area contributed by atoms with E-state index in [0.29, 0.717) is 17.4 Å². The molecule has 2 N–H and O–H groups in total. The van der Waals surface area contributed by atoms with Gasteiger partial charge in [-0.3, -0.25) is 9.69 Å². The fraction of sp³-hybridized carbons (Fsp3) is 0.381. The number of carbonyl (C=O) groups excluding carboxylic acids is 1. The molecule has 1 amide bonds. The summed E-state index contributed by atoms with van der Waals surface area (Å²) in [5, 5.41) is 6.39. The molecule has 0 aliphatic carbocycles. The Labute approximate surface area is 155 Å². The first-order chi connectivity index (χ1) is 12.6. The summed E-state index contributed by atoms with van der Waals surface area (Å²) in [5.74, 6) is 1.97. The molecule has 3 rings (SSSR count). The third kappa shape index (κ3) is 4.84. The van der Waals surface area contributed by atoms with Crippen LogP contribution in [0.5, 0.6) is 11.5 Å². The van der Waals surface area contributed by atoms with Gasteiger partial charge in [0.1, 0.15) is 5.75 Å². The molecule has 5 nitrogen and oxygen atoms in total. The van der Waals surface area contributed by atoms with Crippen LogP contribution in [0.4, 0.5) is 5.69 Å². The molecule has 2 atom stereocenters. The topological polar surface area (TPSA) is 53.6 Å². The van der Waals surface area contributed by atoms with E-state index >= 15 is 0 Å². The molecule has 0 radical (unpaired) electrons. The monoisotopic (exact) mass is 353 g/mol. The van der Waals surface area contributed by atoms with E-state index in [1.165, 1.54) is 6.42 Å². The summed E-state index contributed by atoms with van der Waals surface area (Å²) >= 11 is 0. The third-order valence-electron chi connectivity index (χ3n) is 4.87. The van der Waals surface area contributed by atoms with E-state index in [4.69, 9.17) is 4.74 Å². The van der Waals surface area contributed by atoms with Gasteiger partial charge in [0.15, 0.2) is 5.75 Å². The van der Waals surface area contributed by atoms with Crippen LogP contribution in [0.15, 0.2) is 54.6 Å². The van der Waals surface area contributed by atoms with Crippen molar-refractivity contribution >= 4 is 11.6 Å². The summed E-state index contributed by atoms with van der Waals surface area (Å²) in [6.45, 7) is 4.97. The van der Waals surface area contributed by atoms with Crippen LogP contribution >= 0.6 is 0 Å². The van der Waals surface area contributed by atoms with Crippen LogP contribution in [0.2, 0.25) is 0 Å².